The van der Waals surface area contributed by atoms with E-state index in [1.807, 2.05) is 0 Å². The number of rotatable bonds is 5. The van der Waals surface area contributed by atoms with E-state index in [0.717, 1.165) is 12.8 Å². The van der Waals surface area contributed by atoms with Crippen molar-refractivity contribution in [1.82, 2.24) is 0 Å². The summed E-state index contributed by atoms with van der Waals surface area (Å²) in [6.45, 7) is 0.540. The third-order valence-corrected chi connectivity index (χ3v) is 6.81. The quantitative estimate of drug-likeness (QED) is 0.298. The molecular formula is C31H25N. The molecule has 0 atom stereocenters. The predicted molar refractivity (Wildman–Crippen MR) is 137 cm³/mol. The average Bonchev–Trinajstić information content (AvgIpc) is 2.85. The van der Waals surface area contributed by atoms with Gasteiger partial charge in [-0.1, -0.05) is 103 Å². The van der Waals surface area contributed by atoms with E-state index in [9.17, 15) is 0 Å². The highest BCUT2D eigenvalue weighted by molar-refractivity contribution is 6.24. The van der Waals surface area contributed by atoms with Gasteiger partial charge in [0.15, 0.2) is 0 Å². The van der Waals surface area contributed by atoms with Crippen LogP contribution in [0.2, 0.25) is 0 Å². The molecule has 0 aliphatic rings. The molecule has 0 saturated heterocycles. The Morgan fingerprint density at radius 1 is 0.438 bits per heavy atom. The van der Waals surface area contributed by atoms with Gasteiger partial charge in [0.2, 0.25) is 0 Å². The summed E-state index contributed by atoms with van der Waals surface area (Å²) in [6.07, 6.45) is 1.80. The summed E-state index contributed by atoms with van der Waals surface area (Å²) in [4.78, 5) is 0. The van der Waals surface area contributed by atoms with E-state index in [2.05, 4.69) is 103 Å². The Balaban J connectivity index is 1.72. The summed E-state index contributed by atoms with van der Waals surface area (Å²) >= 11 is 0. The number of nitrogens with two attached hydrogens (primary N) is 1. The summed E-state index contributed by atoms with van der Waals surface area (Å²) in [5.74, 6) is 0. The maximum atomic E-state index is 6.46. The SMILES string of the molecule is NCc1c(Cc2ccccc2)c(Cc2ccccc2)c2ccc3cccc4ccc1c2c43. The molecule has 0 saturated carbocycles. The lowest BCUT2D eigenvalue weighted by Crippen LogP contribution is -2.09. The largest absolute Gasteiger partial charge is 0.326 e. The highest BCUT2D eigenvalue weighted by atomic mass is 14.5. The third kappa shape index (κ3) is 3.05. The van der Waals surface area contributed by atoms with E-state index in [1.54, 1.807) is 0 Å². The van der Waals surface area contributed by atoms with Gasteiger partial charge in [-0.3, -0.25) is 0 Å². The van der Waals surface area contributed by atoms with Crippen LogP contribution < -0.4 is 5.73 Å². The van der Waals surface area contributed by atoms with Crippen LogP contribution in [-0.2, 0) is 19.4 Å². The molecule has 0 amide bonds. The zero-order chi connectivity index (χ0) is 21.5. The summed E-state index contributed by atoms with van der Waals surface area (Å²) < 4.78 is 0. The first-order valence-corrected chi connectivity index (χ1v) is 11.3. The molecule has 0 aromatic heterocycles. The molecule has 0 aliphatic carbocycles. The molecule has 0 unspecified atom stereocenters. The fourth-order valence-electron chi connectivity index (χ4n) is 5.34. The van der Waals surface area contributed by atoms with Gasteiger partial charge in [-0.05, 0) is 73.0 Å². The maximum Gasteiger partial charge on any atom is 0.0187 e. The lowest BCUT2D eigenvalue weighted by molar-refractivity contribution is 1.01. The van der Waals surface area contributed by atoms with Crippen molar-refractivity contribution < 1.29 is 0 Å². The summed E-state index contributed by atoms with van der Waals surface area (Å²) in [5.41, 5.74) is 13.2. The van der Waals surface area contributed by atoms with Crippen molar-refractivity contribution in [2.24, 2.45) is 5.73 Å². The van der Waals surface area contributed by atoms with Crippen LogP contribution in [0.25, 0.3) is 32.3 Å². The van der Waals surface area contributed by atoms with E-state index in [-0.39, 0.29) is 0 Å². The molecular weight excluding hydrogens is 386 g/mol. The van der Waals surface area contributed by atoms with Gasteiger partial charge in [-0.2, -0.15) is 0 Å². The normalized spacial score (nSPS) is 11.7. The third-order valence-electron chi connectivity index (χ3n) is 6.81. The van der Waals surface area contributed by atoms with Crippen LogP contribution in [0, 0.1) is 0 Å². The van der Waals surface area contributed by atoms with Crippen LogP contribution >= 0.6 is 0 Å². The van der Waals surface area contributed by atoms with E-state index in [0.29, 0.717) is 6.54 Å². The Hall–Kier alpha value is -3.68. The Bertz CT molecular complexity index is 1520. The Labute approximate surface area is 188 Å². The molecule has 1 nitrogen and oxygen atoms in total. The van der Waals surface area contributed by atoms with Gasteiger partial charge in [0.05, 0.1) is 0 Å². The van der Waals surface area contributed by atoms with Crippen molar-refractivity contribution >= 4 is 32.3 Å². The second-order valence-electron chi connectivity index (χ2n) is 8.65. The topological polar surface area (TPSA) is 26.0 Å². The highest BCUT2D eigenvalue weighted by Crippen LogP contribution is 2.41. The van der Waals surface area contributed by atoms with Crippen LogP contribution in [-0.4, -0.2) is 0 Å². The fourth-order valence-corrected chi connectivity index (χ4v) is 5.34. The van der Waals surface area contributed by atoms with Gasteiger partial charge in [0, 0.05) is 6.54 Å². The van der Waals surface area contributed by atoms with Gasteiger partial charge in [-0.25, -0.2) is 0 Å². The molecule has 0 aliphatic heterocycles. The molecule has 154 valence electrons. The number of hydrogen-bond donors (Lipinski definition) is 1. The fraction of sp³-hybridized carbons (Fsp3) is 0.0968. The lowest BCUT2D eigenvalue weighted by Gasteiger charge is -2.22. The summed E-state index contributed by atoms with van der Waals surface area (Å²) in [6, 6.07) is 37.3. The van der Waals surface area contributed by atoms with Gasteiger partial charge in [-0.15, -0.1) is 0 Å². The minimum absolute atomic E-state index is 0.540. The minimum atomic E-state index is 0.540. The number of benzene rings is 6. The molecule has 0 radical (unpaired) electrons. The van der Waals surface area contributed by atoms with Gasteiger partial charge < -0.3 is 5.73 Å². The van der Waals surface area contributed by atoms with Crippen LogP contribution in [0.5, 0.6) is 0 Å². The first-order chi connectivity index (χ1) is 15.8. The van der Waals surface area contributed by atoms with Crippen molar-refractivity contribution in [3.8, 4) is 0 Å². The van der Waals surface area contributed by atoms with Crippen molar-refractivity contribution in [1.29, 1.82) is 0 Å². The van der Waals surface area contributed by atoms with Gasteiger partial charge >= 0.3 is 0 Å². The zero-order valence-electron chi connectivity index (χ0n) is 18.0. The molecule has 0 spiro atoms. The number of hydrogen-bond acceptors (Lipinski definition) is 1. The molecule has 6 aromatic carbocycles. The molecule has 1 heteroatoms. The zero-order valence-corrected chi connectivity index (χ0v) is 18.0. The summed E-state index contributed by atoms with van der Waals surface area (Å²) in [5, 5.41) is 7.97. The van der Waals surface area contributed by atoms with Gasteiger partial charge in [0.25, 0.3) is 0 Å². The summed E-state index contributed by atoms with van der Waals surface area (Å²) in [7, 11) is 0. The standard InChI is InChI=1S/C31H25N/c32-20-29-26-17-15-24-13-7-12-23-14-16-25(31(26)30(23)24)27(18-21-8-3-1-4-9-21)28(29)19-22-10-5-2-6-11-22/h1-17H,18-20,32H2. The van der Waals surface area contributed by atoms with Crippen molar-refractivity contribution in [3.05, 3.63) is 131 Å². The molecule has 2 N–H and O–H groups in total. The first-order valence-electron chi connectivity index (χ1n) is 11.3. The molecule has 6 aromatic rings. The second-order valence-corrected chi connectivity index (χ2v) is 8.65. The average molecular weight is 412 g/mol. The van der Waals surface area contributed by atoms with E-state index >= 15 is 0 Å². The molecule has 0 bridgehead atoms. The lowest BCUT2D eigenvalue weighted by atomic mass is 9.82. The molecule has 0 fully saturated rings. The minimum Gasteiger partial charge on any atom is -0.326 e. The van der Waals surface area contributed by atoms with Crippen LogP contribution in [0.1, 0.15) is 27.8 Å². The Kier molecular flexibility index (Phi) is 4.63. The van der Waals surface area contributed by atoms with Crippen LogP contribution in [0.4, 0.5) is 0 Å². The molecule has 32 heavy (non-hydrogen) atoms. The second kappa shape index (κ2) is 7.78. The highest BCUT2D eigenvalue weighted by Gasteiger charge is 2.19. The van der Waals surface area contributed by atoms with E-state index in [4.69, 9.17) is 5.73 Å². The maximum absolute atomic E-state index is 6.46. The van der Waals surface area contributed by atoms with Gasteiger partial charge in [0.1, 0.15) is 0 Å². The molecule has 6 rings (SSSR count). The van der Waals surface area contributed by atoms with E-state index < -0.39 is 0 Å². The van der Waals surface area contributed by atoms with Crippen LogP contribution in [0.15, 0.2) is 103 Å². The van der Waals surface area contributed by atoms with Crippen molar-refractivity contribution in [2.45, 2.75) is 19.4 Å². The Morgan fingerprint density at radius 3 is 1.53 bits per heavy atom. The monoisotopic (exact) mass is 411 g/mol. The van der Waals surface area contributed by atoms with Crippen LogP contribution in [0.3, 0.4) is 0 Å². The predicted octanol–water partition coefficient (Wildman–Crippen LogP) is 7.22. The van der Waals surface area contributed by atoms with E-state index in [1.165, 1.54) is 60.1 Å². The molecule has 0 heterocycles. The van der Waals surface area contributed by atoms with Crippen molar-refractivity contribution in [3.63, 3.8) is 0 Å². The van der Waals surface area contributed by atoms with Crippen molar-refractivity contribution in [2.75, 3.05) is 0 Å². The smallest absolute Gasteiger partial charge is 0.0187 e. The Morgan fingerprint density at radius 2 is 0.969 bits per heavy atom. The first kappa shape index (κ1) is 19.0.